The molecular formula is C14H22O4. The van der Waals surface area contributed by atoms with Crippen molar-refractivity contribution in [2.75, 3.05) is 26.4 Å². The van der Waals surface area contributed by atoms with Crippen LogP contribution in [0.4, 0.5) is 0 Å². The van der Waals surface area contributed by atoms with Gasteiger partial charge >= 0.3 is 0 Å². The van der Waals surface area contributed by atoms with Crippen LogP contribution in [0.5, 0.6) is 0 Å². The number of ether oxygens (including phenoxy) is 3. The molecule has 1 N–H and O–H groups in total. The molecule has 1 aromatic carbocycles. The molecule has 0 saturated heterocycles. The molecule has 1 atom stereocenters. The minimum atomic E-state index is -0.720. The maximum absolute atomic E-state index is 8.84. The van der Waals surface area contributed by atoms with Gasteiger partial charge in [-0.3, -0.25) is 0 Å². The number of benzene rings is 1. The highest BCUT2D eigenvalue weighted by Crippen LogP contribution is 2.00. The molecule has 0 saturated carbocycles. The first-order chi connectivity index (χ1) is 8.79. The maximum Gasteiger partial charge on any atom is 0.151 e. The average Bonchev–Trinajstić information content (AvgIpc) is 2.37. The van der Waals surface area contributed by atoms with Crippen molar-refractivity contribution in [2.45, 2.75) is 26.2 Å². The van der Waals surface area contributed by atoms with E-state index in [9.17, 15) is 0 Å². The highest BCUT2D eigenvalue weighted by atomic mass is 16.6. The molecule has 1 unspecified atom stereocenters. The van der Waals surface area contributed by atoms with Gasteiger partial charge in [0.05, 0.1) is 19.8 Å². The summed E-state index contributed by atoms with van der Waals surface area (Å²) in [6.45, 7) is 4.49. The summed E-state index contributed by atoms with van der Waals surface area (Å²) in [5, 5.41) is 8.84. The van der Waals surface area contributed by atoms with E-state index in [2.05, 4.69) is 0 Å². The monoisotopic (exact) mass is 254 g/mol. The number of rotatable bonds is 10. The maximum atomic E-state index is 8.84. The molecule has 0 spiro atoms. The lowest BCUT2D eigenvalue weighted by Crippen LogP contribution is -2.12. The van der Waals surface area contributed by atoms with Gasteiger partial charge in [0.25, 0.3) is 0 Å². The van der Waals surface area contributed by atoms with Gasteiger partial charge in [-0.1, -0.05) is 30.3 Å². The minimum absolute atomic E-state index is 0.419. The first-order valence-corrected chi connectivity index (χ1v) is 6.28. The van der Waals surface area contributed by atoms with Crippen LogP contribution in [0, 0.1) is 0 Å². The predicted molar refractivity (Wildman–Crippen MR) is 69.2 cm³/mol. The van der Waals surface area contributed by atoms with Gasteiger partial charge in [0.15, 0.2) is 6.29 Å². The molecule has 1 rings (SSSR count). The second kappa shape index (κ2) is 10.0. The smallest absolute Gasteiger partial charge is 0.151 e. The van der Waals surface area contributed by atoms with Gasteiger partial charge in [0.1, 0.15) is 0 Å². The molecule has 0 aliphatic heterocycles. The van der Waals surface area contributed by atoms with Crippen molar-refractivity contribution in [3.8, 4) is 0 Å². The van der Waals surface area contributed by atoms with E-state index in [0.717, 1.165) is 6.42 Å². The molecule has 1 aromatic rings. The standard InChI is InChI=1S/C14H22O4/c1-13(15)18-11-10-16-8-5-9-17-12-14-6-3-2-4-7-14/h2-4,6-7,13,15H,5,8-12H2,1H3. The number of aliphatic hydroxyl groups excluding tert-OH is 1. The van der Waals surface area contributed by atoms with E-state index in [4.69, 9.17) is 19.3 Å². The summed E-state index contributed by atoms with van der Waals surface area (Å²) in [6.07, 6.45) is 0.143. The summed E-state index contributed by atoms with van der Waals surface area (Å²) in [4.78, 5) is 0. The van der Waals surface area contributed by atoms with Crippen LogP contribution < -0.4 is 0 Å². The van der Waals surface area contributed by atoms with Crippen molar-refractivity contribution in [3.05, 3.63) is 35.9 Å². The fourth-order valence-corrected chi connectivity index (χ4v) is 1.41. The van der Waals surface area contributed by atoms with Crippen LogP contribution in [-0.4, -0.2) is 37.8 Å². The van der Waals surface area contributed by atoms with Crippen molar-refractivity contribution in [1.82, 2.24) is 0 Å². The molecule has 0 fully saturated rings. The van der Waals surface area contributed by atoms with E-state index in [1.807, 2.05) is 30.3 Å². The summed E-state index contributed by atoms with van der Waals surface area (Å²) in [6, 6.07) is 10.1. The first kappa shape index (κ1) is 15.1. The van der Waals surface area contributed by atoms with Crippen molar-refractivity contribution < 1.29 is 19.3 Å². The molecule has 0 heterocycles. The Hall–Kier alpha value is -0.940. The van der Waals surface area contributed by atoms with Crippen LogP contribution in [0.25, 0.3) is 0 Å². The third-order valence-corrected chi connectivity index (χ3v) is 2.28. The van der Waals surface area contributed by atoms with Crippen LogP contribution in [0.2, 0.25) is 0 Å². The quantitative estimate of drug-likeness (QED) is 0.512. The third-order valence-electron chi connectivity index (χ3n) is 2.28. The van der Waals surface area contributed by atoms with E-state index in [1.54, 1.807) is 6.92 Å². The number of hydrogen-bond donors (Lipinski definition) is 1. The van der Waals surface area contributed by atoms with Gasteiger partial charge in [0, 0.05) is 13.2 Å². The molecule has 0 aliphatic rings. The van der Waals surface area contributed by atoms with Crippen molar-refractivity contribution in [2.24, 2.45) is 0 Å². The van der Waals surface area contributed by atoms with Crippen molar-refractivity contribution in [1.29, 1.82) is 0 Å². The zero-order chi connectivity index (χ0) is 13.1. The first-order valence-electron chi connectivity index (χ1n) is 6.28. The lowest BCUT2D eigenvalue weighted by atomic mass is 10.2. The second-order valence-corrected chi connectivity index (χ2v) is 3.97. The van der Waals surface area contributed by atoms with Crippen molar-refractivity contribution in [3.63, 3.8) is 0 Å². The Bertz CT molecular complexity index is 287. The van der Waals surface area contributed by atoms with Crippen LogP contribution >= 0.6 is 0 Å². The van der Waals surface area contributed by atoms with Gasteiger partial charge < -0.3 is 19.3 Å². The van der Waals surface area contributed by atoms with Crippen LogP contribution in [0.3, 0.4) is 0 Å². The molecule has 0 aliphatic carbocycles. The molecular weight excluding hydrogens is 232 g/mol. The van der Waals surface area contributed by atoms with Crippen LogP contribution in [0.1, 0.15) is 18.9 Å². The van der Waals surface area contributed by atoms with Crippen molar-refractivity contribution >= 4 is 0 Å². The molecule has 0 amide bonds. The lowest BCUT2D eigenvalue weighted by molar-refractivity contribution is -0.0999. The highest BCUT2D eigenvalue weighted by Gasteiger charge is 1.95. The summed E-state index contributed by atoms with van der Waals surface area (Å²) in [5.41, 5.74) is 1.18. The summed E-state index contributed by atoms with van der Waals surface area (Å²) in [7, 11) is 0. The second-order valence-electron chi connectivity index (χ2n) is 3.97. The lowest BCUT2D eigenvalue weighted by Gasteiger charge is -2.07. The van der Waals surface area contributed by atoms with Gasteiger partial charge in [-0.2, -0.15) is 0 Å². The number of hydrogen-bond acceptors (Lipinski definition) is 4. The van der Waals surface area contributed by atoms with E-state index in [1.165, 1.54) is 5.56 Å². The minimum Gasteiger partial charge on any atom is -0.379 e. The van der Waals surface area contributed by atoms with E-state index >= 15 is 0 Å². The molecule has 4 heteroatoms. The van der Waals surface area contributed by atoms with Gasteiger partial charge in [-0.25, -0.2) is 0 Å². The van der Waals surface area contributed by atoms with Gasteiger partial charge in [-0.15, -0.1) is 0 Å². The largest absolute Gasteiger partial charge is 0.379 e. The SMILES string of the molecule is CC(O)OCCOCCCOCc1ccccc1. The molecule has 0 aromatic heterocycles. The third kappa shape index (κ3) is 8.20. The van der Waals surface area contributed by atoms with E-state index in [-0.39, 0.29) is 0 Å². The predicted octanol–water partition coefficient (Wildman–Crippen LogP) is 1.96. The Morgan fingerprint density at radius 2 is 1.72 bits per heavy atom. The summed E-state index contributed by atoms with van der Waals surface area (Å²) < 4.78 is 15.8. The fourth-order valence-electron chi connectivity index (χ4n) is 1.41. The molecule has 102 valence electrons. The summed E-state index contributed by atoms with van der Waals surface area (Å²) >= 11 is 0. The number of aliphatic hydroxyl groups is 1. The average molecular weight is 254 g/mol. The highest BCUT2D eigenvalue weighted by molar-refractivity contribution is 5.13. The molecule has 0 bridgehead atoms. The normalized spacial score (nSPS) is 12.6. The Balaban J connectivity index is 1.84. The van der Waals surface area contributed by atoms with Gasteiger partial charge in [0.2, 0.25) is 0 Å². The van der Waals surface area contributed by atoms with Crippen LogP contribution in [0.15, 0.2) is 30.3 Å². The molecule has 0 radical (unpaired) electrons. The van der Waals surface area contributed by atoms with E-state index < -0.39 is 6.29 Å². The molecule has 4 nitrogen and oxygen atoms in total. The molecule has 18 heavy (non-hydrogen) atoms. The Morgan fingerprint density at radius 3 is 2.44 bits per heavy atom. The topological polar surface area (TPSA) is 47.9 Å². The fraction of sp³-hybridized carbons (Fsp3) is 0.571. The Kier molecular flexibility index (Phi) is 8.42. The van der Waals surface area contributed by atoms with Crippen LogP contribution in [-0.2, 0) is 20.8 Å². The zero-order valence-electron chi connectivity index (χ0n) is 10.9. The van der Waals surface area contributed by atoms with Gasteiger partial charge in [-0.05, 0) is 18.9 Å². The zero-order valence-corrected chi connectivity index (χ0v) is 10.9. The Labute approximate surface area is 108 Å². The summed E-state index contributed by atoms with van der Waals surface area (Å²) in [5.74, 6) is 0. The Morgan fingerprint density at radius 1 is 1.00 bits per heavy atom. The van der Waals surface area contributed by atoms with E-state index in [0.29, 0.717) is 33.0 Å².